The SMILES string of the molecule is CN1c2ccccc2[S+](c2ccccc2)c2ccc(OC(F)F)cc21. The lowest BCUT2D eigenvalue weighted by Gasteiger charge is -2.28. The quantitative estimate of drug-likeness (QED) is 0.578. The van der Waals surface area contributed by atoms with E-state index in [-0.39, 0.29) is 16.6 Å². The van der Waals surface area contributed by atoms with Crippen molar-refractivity contribution in [1.29, 1.82) is 0 Å². The van der Waals surface area contributed by atoms with E-state index in [0.717, 1.165) is 16.3 Å². The largest absolute Gasteiger partial charge is 0.435 e. The number of hydrogen-bond acceptors (Lipinski definition) is 2. The predicted octanol–water partition coefficient (Wildman–Crippen LogP) is 5.46. The van der Waals surface area contributed by atoms with E-state index in [2.05, 4.69) is 29.0 Å². The molecule has 4 rings (SSSR count). The first-order chi connectivity index (χ1) is 12.1. The van der Waals surface area contributed by atoms with Gasteiger partial charge in [0.05, 0.1) is 5.69 Å². The molecule has 0 N–H and O–H groups in total. The summed E-state index contributed by atoms with van der Waals surface area (Å²) in [5, 5.41) is 0. The fourth-order valence-electron chi connectivity index (χ4n) is 3.07. The number of rotatable bonds is 3. The fraction of sp³-hybridized carbons (Fsp3) is 0.100. The van der Waals surface area contributed by atoms with Gasteiger partial charge in [0.1, 0.15) is 22.3 Å². The molecular weight excluding hydrogens is 340 g/mol. The van der Waals surface area contributed by atoms with Crippen molar-refractivity contribution in [1.82, 2.24) is 0 Å². The topological polar surface area (TPSA) is 12.5 Å². The number of halogens is 2. The van der Waals surface area contributed by atoms with Crippen LogP contribution >= 0.6 is 0 Å². The highest BCUT2D eigenvalue weighted by molar-refractivity contribution is 7.97. The Hall–Kier alpha value is -2.53. The Morgan fingerprint density at radius 1 is 0.840 bits per heavy atom. The second-order valence-corrected chi connectivity index (χ2v) is 7.62. The number of fused-ring (bicyclic) bond motifs is 2. The summed E-state index contributed by atoms with van der Waals surface area (Å²) in [5.41, 5.74) is 1.97. The van der Waals surface area contributed by atoms with Crippen molar-refractivity contribution < 1.29 is 13.5 Å². The van der Waals surface area contributed by atoms with E-state index in [1.54, 1.807) is 12.1 Å². The van der Waals surface area contributed by atoms with Gasteiger partial charge >= 0.3 is 6.61 Å². The second-order valence-electron chi connectivity index (χ2n) is 5.65. The van der Waals surface area contributed by atoms with Gasteiger partial charge in [-0.1, -0.05) is 30.3 Å². The normalized spacial score (nSPS) is 15.7. The van der Waals surface area contributed by atoms with Gasteiger partial charge in [-0.05, 0) is 36.4 Å². The van der Waals surface area contributed by atoms with E-state index in [4.69, 9.17) is 0 Å². The van der Waals surface area contributed by atoms with Gasteiger partial charge in [-0.3, -0.25) is 0 Å². The molecule has 1 heterocycles. The van der Waals surface area contributed by atoms with Crippen molar-refractivity contribution in [3.05, 3.63) is 72.8 Å². The van der Waals surface area contributed by atoms with Crippen LogP contribution in [0.2, 0.25) is 0 Å². The van der Waals surface area contributed by atoms with Crippen molar-refractivity contribution in [2.24, 2.45) is 0 Å². The maximum Gasteiger partial charge on any atom is 0.387 e. The van der Waals surface area contributed by atoms with Gasteiger partial charge in [0.2, 0.25) is 0 Å². The molecule has 0 bridgehead atoms. The van der Waals surface area contributed by atoms with Crippen molar-refractivity contribution in [2.75, 3.05) is 11.9 Å². The Kier molecular flexibility index (Phi) is 4.09. The van der Waals surface area contributed by atoms with Crippen molar-refractivity contribution in [2.45, 2.75) is 21.3 Å². The van der Waals surface area contributed by atoms with Gasteiger partial charge in [0.15, 0.2) is 14.7 Å². The molecule has 1 unspecified atom stereocenters. The number of nitrogens with zero attached hydrogens (tertiary/aromatic N) is 1. The zero-order chi connectivity index (χ0) is 17.4. The summed E-state index contributed by atoms with van der Waals surface area (Å²) in [6.07, 6.45) is 0. The minimum absolute atomic E-state index is 0.177. The van der Waals surface area contributed by atoms with Crippen LogP contribution < -0.4 is 9.64 Å². The maximum absolute atomic E-state index is 12.6. The molecule has 0 aliphatic carbocycles. The van der Waals surface area contributed by atoms with Crippen LogP contribution in [-0.2, 0) is 10.9 Å². The van der Waals surface area contributed by atoms with E-state index >= 15 is 0 Å². The number of benzene rings is 3. The number of para-hydroxylation sites is 1. The summed E-state index contributed by atoms with van der Waals surface area (Å²) in [4.78, 5) is 5.57. The summed E-state index contributed by atoms with van der Waals surface area (Å²) >= 11 is 0. The molecule has 0 aromatic heterocycles. The van der Waals surface area contributed by atoms with Gasteiger partial charge in [-0.25, -0.2) is 0 Å². The molecule has 0 amide bonds. The van der Waals surface area contributed by atoms with Gasteiger partial charge in [0.25, 0.3) is 0 Å². The summed E-state index contributed by atoms with van der Waals surface area (Å²) in [5.74, 6) is 0.177. The van der Waals surface area contributed by atoms with Crippen LogP contribution in [0.15, 0.2) is 87.5 Å². The maximum atomic E-state index is 12.6. The van der Waals surface area contributed by atoms with Crippen LogP contribution in [-0.4, -0.2) is 13.7 Å². The number of alkyl halides is 2. The van der Waals surface area contributed by atoms with Crippen LogP contribution in [0, 0.1) is 0 Å². The molecular formula is C20H16F2NOS+. The molecule has 3 aromatic rings. The van der Waals surface area contributed by atoms with Crippen molar-refractivity contribution >= 4 is 22.3 Å². The monoisotopic (exact) mass is 356 g/mol. The zero-order valence-corrected chi connectivity index (χ0v) is 14.3. The summed E-state index contributed by atoms with van der Waals surface area (Å²) in [6.45, 7) is -2.83. The molecule has 0 spiro atoms. The highest BCUT2D eigenvalue weighted by atomic mass is 32.2. The molecule has 5 heteroatoms. The first-order valence-corrected chi connectivity index (χ1v) is 9.08. The van der Waals surface area contributed by atoms with Crippen molar-refractivity contribution in [3.63, 3.8) is 0 Å². The van der Waals surface area contributed by atoms with Crippen LogP contribution in [0.25, 0.3) is 0 Å². The minimum atomic E-state index is -2.83. The van der Waals surface area contributed by atoms with Gasteiger partial charge < -0.3 is 9.64 Å². The van der Waals surface area contributed by atoms with Crippen LogP contribution in [0.4, 0.5) is 20.2 Å². The van der Waals surface area contributed by atoms with Gasteiger partial charge in [-0.2, -0.15) is 8.78 Å². The summed E-state index contributed by atoms with van der Waals surface area (Å²) < 4.78 is 29.8. The smallest absolute Gasteiger partial charge is 0.387 e. The Morgan fingerprint density at radius 3 is 2.28 bits per heavy atom. The fourth-order valence-corrected chi connectivity index (χ4v) is 5.49. The minimum Gasteiger partial charge on any atom is -0.435 e. The molecule has 25 heavy (non-hydrogen) atoms. The Labute approximate surface area is 148 Å². The average Bonchev–Trinajstić information content (AvgIpc) is 2.63. The van der Waals surface area contributed by atoms with E-state index in [0.29, 0.717) is 0 Å². The lowest BCUT2D eigenvalue weighted by Crippen LogP contribution is -2.22. The molecule has 0 fully saturated rings. The molecule has 1 atom stereocenters. The lowest BCUT2D eigenvalue weighted by atomic mass is 10.2. The van der Waals surface area contributed by atoms with E-state index in [1.165, 1.54) is 9.79 Å². The third-order valence-electron chi connectivity index (χ3n) is 4.16. The molecule has 1 aliphatic heterocycles. The average molecular weight is 356 g/mol. The van der Waals surface area contributed by atoms with Gasteiger partial charge in [0, 0.05) is 13.1 Å². The standard InChI is InChI=1S/C20H16F2NOS/c1-23-16-9-5-6-10-18(16)25(15-7-3-2-4-8-15)19-12-11-14(13-17(19)23)24-20(21)22/h2-13,20H,1H3/q+1. The molecule has 0 saturated carbocycles. The van der Waals surface area contributed by atoms with Crippen LogP contribution in [0.1, 0.15) is 0 Å². The molecule has 0 saturated heterocycles. The van der Waals surface area contributed by atoms with E-state index in [9.17, 15) is 8.78 Å². The lowest BCUT2D eigenvalue weighted by molar-refractivity contribution is -0.0498. The zero-order valence-electron chi connectivity index (χ0n) is 13.5. The Bertz CT molecular complexity index is 901. The first kappa shape index (κ1) is 16.0. The van der Waals surface area contributed by atoms with E-state index in [1.807, 2.05) is 48.3 Å². The molecule has 3 aromatic carbocycles. The van der Waals surface area contributed by atoms with Crippen molar-refractivity contribution in [3.8, 4) is 5.75 Å². The van der Waals surface area contributed by atoms with Crippen LogP contribution in [0.3, 0.4) is 0 Å². The molecule has 126 valence electrons. The Morgan fingerprint density at radius 2 is 1.52 bits per heavy atom. The van der Waals surface area contributed by atoms with E-state index < -0.39 is 6.61 Å². The molecule has 1 aliphatic rings. The molecule has 2 nitrogen and oxygen atoms in total. The number of hydrogen-bond donors (Lipinski definition) is 0. The number of ether oxygens (including phenoxy) is 1. The second kappa shape index (κ2) is 6.41. The highest BCUT2D eigenvalue weighted by Crippen LogP contribution is 2.48. The predicted molar refractivity (Wildman–Crippen MR) is 96.2 cm³/mol. The van der Waals surface area contributed by atoms with Gasteiger partial charge in [-0.15, -0.1) is 0 Å². The third-order valence-corrected chi connectivity index (χ3v) is 6.48. The highest BCUT2D eigenvalue weighted by Gasteiger charge is 2.40. The molecule has 0 radical (unpaired) electrons. The van der Waals surface area contributed by atoms with Crippen LogP contribution in [0.5, 0.6) is 5.75 Å². The summed E-state index contributed by atoms with van der Waals surface area (Å²) in [7, 11) is 1.67. The first-order valence-electron chi connectivity index (χ1n) is 7.86. The third kappa shape index (κ3) is 2.85. The Balaban J connectivity index is 1.91. The number of anilines is 2. The summed E-state index contributed by atoms with van der Waals surface area (Å²) in [6, 6.07) is 23.7.